The molecule has 0 radical (unpaired) electrons. The van der Waals surface area contributed by atoms with Crippen molar-refractivity contribution in [2.45, 2.75) is 69.7 Å². The van der Waals surface area contributed by atoms with Crippen LogP contribution >= 0.6 is 0 Å². The van der Waals surface area contributed by atoms with Gasteiger partial charge in [-0.05, 0) is 98.7 Å². The van der Waals surface area contributed by atoms with E-state index in [1.54, 1.807) is 4.31 Å². The summed E-state index contributed by atoms with van der Waals surface area (Å²) >= 11 is 0. The van der Waals surface area contributed by atoms with Crippen LogP contribution < -0.4 is 0 Å². The summed E-state index contributed by atoms with van der Waals surface area (Å²) in [6.07, 6.45) is 12.7. The summed E-state index contributed by atoms with van der Waals surface area (Å²) < 4.78 is 28.2. The minimum atomic E-state index is -3.19. The zero-order chi connectivity index (χ0) is 25.2. The van der Waals surface area contributed by atoms with E-state index in [-0.39, 0.29) is 0 Å². The third-order valence-electron chi connectivity index (χ3n) is 9.31. The Labute approximate surface area is 222 Å². The van der Waals surface area contributed by atoms with Crippen molar-refractivity contribution in [3.8, 4) is 11.1 Å². The van der Waals surface area contributed by atoms with Crippen LogP contribution in [0.3, 0.4) is 0 Å². The van der Waals surface area contributed by atoms with Crippen LogP contribution in [0.25, 0.3) is 22.0 Å². The molecule has 3 fully saturated rings. The second-order valence-electron chi connectivity index (χ2n) is 11.5. The topological polar surface area (TPSA) is 56.4 Å². The van der Waals surface area contributed by atoms with Crippen molar-refractivity contribution in [1.82, 2.24) is 14.2 Å². The molecule has 5 nitrogen and oxygen atoms in total. The maximum absolute atomic E-state index is 13.2. The lowest BCUT2D eigenvalue weighted by molar-refractivity contribution is 0.0612. The zero-order valence-corrected chi connectivity index (χ0v) is 22.8. The van der Waals surface area contributed by atoms with Gasteiger partial charge in [0.15, 0.2) is 0 Å². The fourth-order valence-electron chi connectivity index (χ4n) is 7.32. The van der Waals surface area contributed by atoms with Crippen LogP contribution in [-0.2, 0) is 10.0 Å². The van der Waals surface area contributed by atoms with Gasteiger partial charge >= 0.3 is 0 Å². The Balaban J connectivity index is 1.06. The number of benzene rings is 2. The second kappa shape index (κ2) is 10.9. The summed E-state index contributed by atoms with van der Waals surface area (Å²) in [5.41, 5.74) is 4.93. The highest BCUT2D eigenvalue weighted by Crippen LogP contribution is 2.37. The highest BCUT2D eigenvalue weighted by atomic mass is 32.2. The first-order valence-electron chi connectivity index (χ1n) is 14.5. The smallest absolute Gasteiger partial charge is 0.214 e. The number of aromatic amines is 1. The van der Waals surface area contributed by atoms with Crippen molar-refractivity contribution in [3.63, 3.8) is 0 Å². The van der Waals surface area contributed by atoms with Gasteiger partial charge in [-0.1, -0.05) is 49.2 Å². The van der Waals surface area contributed by atoms with E-state index in [1.165, 1.54) is 60.6 Å². The molecule has 3 aromatic rings. The fraction of sp³-hybridized carbons (Fsp3) is 0.548. The molecule has 2 aromatic carbocycles. The lowest BCUT2D eigenvalue weighted by Gasteiger charge is -2.44. The minimum absolute atomic E-state index is 0.291. The first kappa shape index (κ1) is 25.1. The maximum atomic E-state index is 13.2. The van der Waals surface area contributed by atoms with Crippen molar-refractivity contribution in [2.75, 3.05) is 31.9 Å². The number of piperidine rings is 2. The van der Waals surface area contributed by atoms with Gasteiger partial charge in [0.1, 0.15) is 0 Å². The van der Waals surface area contributed by atoms with Crippen LogP contribution in [0, 0.1) is 5.92 Å². The Kier molecular flexibility index (Phi) is 7.42. The number of hydrogen-bond acceptors (Lipinski definition) is 3. The molecule has 1 saturated carbocycles. The van der Waals surface area contributed by atoms with E-state index < -0.39 is 10.0 Å². The van der Waals surface area contributed by atoms with Crippen molar-refractivity contribution < 1.29 is 8.42 Å². The highest BCUT2D eigenvalue weighted by molar-refractivity contribution is 7.89. The molecule has 0 spiro atoms. The van der Waals surface area contributed by atoms with Crippen LogP contribution in [0.5, 0.6) is 0 Å². The Morgan fingerprint density at radius 3 is 2.46 bits per heavy atom. The van der Waals surface area contributed by atoms with Crippen molar-refractivity contribution in [1.29, 1.82) is 0 Å². The number of likely N-dealkylation sites (tertiary alicyclic amines) is 1. The van der Waals surface area contributed by atoms with E-state index in [0.717, 1.165) is 43.8 Å². The lowest BCUT2D eigenvalue weighted by atomic mass is 9.78. The van der Waals surface area contributed by atoms with Crippen molar-refractivity contribution >= 4 is 20.9 Å². The Morgan fingerprint density at radius 1 is 0.838 bits per heavy atom. The molecule has 2 saturated heterocycles. The Hall–Kier alpha value is -2.15. The molecule has 6 rings (SSSR count). The molecular formula is C31H41N3O2S. The predicted molar refractivity (Wildman–Crippen MR) is 152 cm³/mol. The van der Waals surface area contributed by atoms with E-state index >= 15 is 0 Å². The maximum Gasteiger partial charge on any atom is 0.214 e. The first-order chi connectivity index (χ1) is 18.1. The van der Waals surface area contributed by atoms with Gasteiger partial charge in [-0.2, -0.15) is 0 Å². The van der Waals surface area contributed by atoms with Gasteiger partial charge in [0.05, 0.1) is 5.75 Å². The summed E-state index contributed by atoms with van der Waals surface area (Å²) in [6, 6.07) is 17.8. The van der Waals surface area contributed by atoms with Gasteiger partial charge in [0, 0.05) is 36.2 Å². The average Bonchev–Trinajstić information content (AvgIpc) is 3.37. The quantitative estimate of drug-likeness (QED) is 0.394. The normalized spacial score (nSPS) is 24.3. The van der Waals surface area contributed by atoms with Gasteiger partial charge in [-0.25, -0.2) is 12.7 Å². The number of fused-ring (bicyclic) bond motifs is 2. The van der Waals surface area contributed by atoms with E-state index in [2.05, 4.69) is 58.5 Å². The van der Waals surface area contributed by atoms with Gasteiger partial charge < -0.3 is 9.88 Å². The summed E-state index contributed by atoms with van der Waals surface area (Å²) in [4.78, 5) is 6.07. The molecule has 2 atom stereocenters. The molecule has 3 heterocycles. The number of nitrogens with zero attached hydrogens (tertiary/aromatic N) is 2. The summed E-state index contributed by atoms with van der Waals surface area (Å²) in [5, 5.41) is 1.27. The zero-order valence-electron chi connectivity index (χ0n) is 21.9. The lowest BCUT2D eigenvalue weighted by Crippen LogP contribution is -2.47. The number of hydrogen-bond donors (Lipinski definition) is 1. The van der Waals surface area contributed by atoms with E-state index in [0.29, 0.717) is 30.8 Å². The average molecular weight is 520 g/mol. The molecule has 0 amide bonds. The summed E-state index contributed by atoms with van der Waals surface area (Å²) in [6.45, 7) is 3.36. The first-order valence-corrected chi connectivity index (χ1v) is 16.1. The summed E-state index contributed by atoms with van der Waals surface area (Å²) in [7, 11) is -3.19. The molecule has 0 bridgehead atoms. The summed E-state index contributed by atoms with van der Waals surface area (Å²) in [5.74, 6) is 1.54. The second-order valence-corrected chi connectivity index (χ2v) is 13.6. The molecule has 2 unspecified atom stereocenters. The van der Waals surface area contributed by atoms with E-state index in [1.807, 2.05) is 6.07 Å². The van der Waals surface area contributed by atoms with Crippen LogP contribution in [-0.4, -0.2) is 60.6 Å². The number of rotatable bonds is 7. The number of H-pyrrole nitrogens is 1. The molecule has 37 heavy (non-hydrogen) atoms. The largest absolute Gasteiger partial charge is 0.361 e. The number of nitrogens with one attached hydrogen (secondary N) is 1. The van der Waals surface area contributed by atoms with E-state index in [9.17, 15) is 8.42 Å². The highest BCUT2D eigenvalue weighted by Gasteiger charge is 2.34. The van der Waals surface area contributed by atoms with Crippen LogP contribution in [0.2, 0.25) is 0 Å². The Bertz CT molecular complexity index is 1290. The molecule has 6 heteroatoms. The van der Waals surface area contributed by atoms with Gasteiger partial charge in [-0.15, -0.1) is 0 Å². The minimum Gasteiger partial charge on any atom is -0.361 e. The molecule has 3 aliphatic rings. The fourth-order valence-corrected chi connectivity index (χ4v) is 8.84. The molecule has 1 N–H and O–H groups in total. The Morgan fingerprint density at radius 2 is 1.62 bits per heavy atom. The SMILES string of the molecule is O=S(=O)(CCCN1CCCC2CCCCC21)N1CCC(c2c[nH]c3ccc(-c4ccccc4)cc23)CC1. The molecule has 2 aliphatic heterocycles. The predicted octanol–water partition coefficient (Wildman–Crippen LogP) is 6.39. The number of aromatic nitrogens is 1. The van der Waals surface area contributed by atoms with Crippen molar-refractivity contribution in [2.24, 2.45) is 5.92 Å². The van der Waals surface area contributed by atoms with Crippen LogP contribution in [0.4, 0.5) is 0 Å². The standard InChI is InChI=1S/C31H41N3O2S/c35-37(36,21-7-18-33-17-6-11-26-10-4-5-12-31(26)33)34-19-15-25(16-20-34)29-23-32-30-14-13-27(22-28(29)30)24-8-2-1-3-9-24/h1-3,8-9,13-14,22-23,25-26,31-32H,4-7,10-12,15-21H2. The van der Waals surface area contributed by atoms with Gasteiger partial charge in [0.2, 0.25) is 10.0 Å². The van der Waals surface area contributed by atoms with E-state index in [4.69, 9.17) is 0 Å². The van der Waals surface area contributed by atoms with Crippen LogP contribution in [0.1, 0.15) is 69.3 Å². The van der Waals surface area contributed by atoms with Gasteiger partial charge in [0.25, 0.3) is 0 Å². The third-order valence-corrected chi connectivity index (χ3v) is 11.3. The number of sulfonamides is 1. The van der Waals surface area contributed by atoms with Crippen molar-refractivity contribution in [3.05, 3.63) is 60.3 Å². The monoisotopic (exact) mass is 519 g/mol. The van der Waals surface area contributed by atoms with Crippen LogP contribution in [0.15, 0.2) is 54.7 Å². The molecular weight excluding hydrogens is 478 g/mol. The molecule has 1 aromatic heterocycles. The molecule has 198 valence electrons. The van der Waals surface area contributed by atoms with Gasteiger partial charge in [-0.3, -0.25) is 0 Å². The molecule has 1 aliphatic carbocycles. The third kappa shape index (κ3) is 5.39.